The van der Waals surface area contributed by atoms with Crippen LogP contribution in [0.3, 0.4) is 0 Å². The molecule has 1 amide bonds. The lowest BCUT2D eigenvalue weighted by Gasteiger charge is -2.20. The Morgan fingerprint density at radius 2 is 2.09 bits per heavy atom. The van der Waals surface area contributed by atoms with E-state index in [4.69, 9.17) is 9.84 Å². The molecule has 0 aliphatic carbocycles. The molecular weight excluding hydrogens is 305 g/mol. The zero-order chi connectivity index (χ0) is 16.5. The summed E-state index contributed by atoms with van der Waals surface area (Å²) < 4.78 is 42.4. The van der Waals surface area contributed by atoms with Crippen LogP contribution in [0.1, 0.15) is 22.5 Å². The summed E-state index contributed by atoms with van der Waals surface area (Å²) in [5, 5.41) is 9.12. The molecule has 1 aromatic rings. The van der Waals surface area contributed by atoms with Crippen LogP contribution >= 0.6 is 0 Å². The molecule has 0 radical (unpaired) electrons. The fraction of sp³-hybridized carbons (Fsp3) is 0.462. The van der Waals surface area contributed by atoms with Crippen LogP contribution in [0, 0.1) is 0 Å². The van der Waals surface area contributed by atoms with Crippen molar-refractivity contribution in [2.45, 2.75) is 24.7 Å². The topological polar surface area (TPSA) is 79.7 Å². The van der Waals surface area contributed by atoms with Crippen molar-refractivity contribution < 1.29 is 32.6 Å². The monoisotopic (exact) mass is 318 g/mol. The molecular formula is C13H13F3N2O4. The van der Waals surface area contributed by atoms with E-state index in [9.17, 15) is 22.8 Å². The third-order valence-electron chi connectivity index (χ3n) is 3.45. The largest absolute Gasteiger partial charge is 0.480 e. The lowest BCUT2D eigenvalue weighted by molar-refractivity contribution is -0.141. The summed E-state index contributed by atoms with van der Waals surface area (Å²) in [6.07, 6.45) is -4.31. The molecule has 1 fully saturated rings. The minimum atomic E-state index is -4.55. The van der Waals surface area contributed by atoms with Crippen molar-refractivity contribution in [3.8, 4) is 0 Å². The number of methoxy groups -OCH3 is 1. The SMILES string of the molecule is COC1CC(C(=O)O)N(C(=O)c2ccc(C(F)(F)F)cn2)C1. The van der Waals surface area contributed by atoms with E-state index in [0.29, 0.717) is 6.20 Å². The summed E-state index contributed by atoms with van der Waals surface area (Å²) in [6, 6.07) is 0.589. The van der Waals surface area contributed by atoms with Gasteiger partial charge >= 0.3 is 12.1 Å². The highest BCUT2D eigenvalue weighted by Crippen LogP contribution is 2.29. The molecule has 0 bridgehead atoms. The van der Waals surface area contributed by atoms with Crippen molar-refractivity contribution in [2.75, 3.05) is 13.7 Å². The number of rotatable bonds is 3. The number of alkyl halides is 3. The number of aliphatic carboxylic acids is 1. The second-order valence-corrected chi connectivity index (χ2v) is 4.83. The van der Waals surface area contributed by atoms with Crippen LogP contribution in [0.5, 0.6) is 0 Å². The van der Waals surface area contributed by atoms with Crippen molar-refractivity contribution in [2.24, 2.45) is 0 Å². The van der Waals surface area contributed by atoms with Gasteiger partial charge in [-0.25, -0.2) is 4.79 Å². The molecule has 2 heterocycles. The average Bonchev–Trinajstić information content (AvgIpc) is 2.90. The molecule has 6 nitrogen and oxygen atoms in total. The number of carbonyl (C=O) groups excluding carboxylic acids is 1. The number of amides is 1. The number of carboxylic acids is 1. The van der Waals surface area contributed by atoms with E-state index in [2.05, 4.69) is 4.98 Å². The summed E-state index contributed by atoms with van der Waals surface area (Å²) in [4.78, 5) is 28.0. The molecule has 1 aliphatic heterocycles. The molecule has 1 N–H and O–H groups in total. The van der Waals surface area contributed by atoms with Gasteiger partial charge in [0.05, 0.1) is 11.7 Å². The molecule has 0 aromatic carbocycles. The predicted molar refractivity (Wildman–Crippen MR) is 67.1 cm³/mol. The quantitative estimate of drug-likeness (QED) is 0.911. The molecule has 1 aliphatic rings. The van der Waals surface area contributed by atoms with E-state index >= 15 is 0 Å². The van der Waals surface area contributed by atoms with Crippen LogP contribution in [-0.2, 0) is 15.7 Å². The van der Waals surface area contributed by atoms with Crippen molar-refractivity contribution in [3.05, 3.63) is 29.6 Å². The lowest BCUT2D eigenvalue weighted by atomic mass is 10.2. The first-order valence-electron chi connectivity index (χ1n) is 6.34. The molecule has 120 valence electrons. The molecule has 22 heavy (non-hydrogen) atoms. The van der Waals surface area contributed by atoms with Gasteiger partial charge in [-0.2, -0.15) is 13.2 Å². The molecule has 2 atom stereocenters. The second kappa shape index (κ2) is 5.91. The Morgan fingerprint density at radius 3 is 2.55 bits per heavy atom. The van der Waals surface area contributed by atoms with Gasteiger partial charge in [0.25, 0.3) is 5.91 Å². The van der Waals surface area contributed by atoms with Gasteiger partial charge in [-0.05, 0) is 12.1 Å². The third-order valence-corrected chi connectivity index (χ3v) is 3.45. The minimum absolute atomic E-state index is 0.0506. The van der Waals surface area contributed by atoms with Crippen LogP contribution < -0.4 is 0 Å². The molecule has 0 saturated carbocycles. The van der Waals surface area contributed by atoms with E-state index in [1.54, 1.807) is 0 Å². The summed E-state index contributed by atoms with van der Waals surface area (Å²) in [7, 11) is 1.40. The first-order valence-corrected chi connectivity index (χ1v) is 6.34. The van der Waals surface area contributed by atoms with Crippen LogP contribution in [0.2, 0.25) is 0 Å². The Balaban J connectivity index is 2.21. The molecule has 1 saturated heterocycles. The van der Waals surface area contributed by atoms with E-state index in [0.717, 1.165) is 17.0 Å². The fourth-order valence-electron chi connectivity index (χ4n) is 2.26. The van der Waals surface area contributed by atoms with Gasteiger partial charge in [0.15, 0.2) is 0 Å². The Bertz CT molecular complexity index is 574. The predicted octanol–water partition coefficient (Wildman–Crippen LogP) is 1.41. The van der Waals surface area contributed by atoms with Gasteiger partial charge in [0.2, 0.25) is 0 Å². The van der Waals surface area contributed by atoms with E-state index in [-0.39, 0.29) is 18.7 Å². The summed E-state index contributed by atoms with van der Waals surface area (Å²) >= 11 is 0. The second-order valence-electron chi connectivity index (χ2n) is 4.83. The maximum absolute atomic E-state index is 12.5. The Labute approximate surface area is 123 Å². The number of hydrogen-bond donors (Lipinski definition) is 1. The van der Waals surface area contributed by atoms with E-state index in [1.807, 2.05) is 0 Å². The average molecular weight is 318 g/mol. The molecule has 0 spiro atoms. The number of carboxylic acid groups (broad SMARTS) is 1. The maximum atomic E-state index is 12.5. The zero-order valence-electron chi connectivity index (χ0n) is 11.5. The highest BCUT2D eigenvalue weighted by molar-refractivity contribution is 5.95. The van der Waals surface area contributed by atoms with Gasteiger partial charge in [0.1, 0.15) is 11.7 Å². The van der Waals surface area contributed by atoms with E-state index < -0.39 is 35.8 Å². The van der Waals surface area contributed by atoms with Crippen LogP contribution in [-0.4, -0.2) is 52.7 Å². The summed E-state index contributed by atoms with van der Waals surface area (Å²) in [5.41, 5.74) is -1.22. The van der Waals surface area contributed by atoms with Gasteiger partial charge in [-0.1, -0.05) is 0 Å². The standard InChI is InChI=1S/C13H13F3N2O4/c1-22-8-4-10(12(20)21)18(6-8)11(19)9-3-2-7(5-17-9)13(14,15)16/h2-3,5,8,10H,4,6H2,1H3,(H,20,21). The molecule has 9 heteroatoms. The van der Waals surface area contributed by atoms with Gasteiger partial charge in [-0.3, -0.25) is 9.78 Å². The van der Waals surface area contributed by atoms with Crippen molar-refractivity contribution >= 4 is 11.9 Å². The Kier molecular flexibility index (Phi) is 4.36. The number of likely N-dealkylation sites (tertiary alicyclic amines) is 1. The molecule has 1 aromatic heterocycles. The Hall–Kier alpha value is -2.16. The van der Waals surface area contributed by atoms with Crippen LogP contribution in [0.25, 0.3) is 0 Å². The van der Waals surface area contributed by atoms with Gasteiger partial charge in [0, 0.05) is 26.3 Å². The van der Waals surface area contributed by atoms with Gasteiger partial charge in [-0.15, -0.1) is 0 Å². The molecule has 2 unspecified atom stereocenters. The fourth-order valence-corrected chi connectivity index (χ4v) is 2.26. The first kappa shape index (κ1) is 16.2. The number of hydrogen-bond acceptors (Lipinski definition) is 4. The normalized spacial score (nSPS) is 21.9. The summed E-state index contributed by atoms with van der Waals surface area (Å²) in [6.45, 7) is 0.0506. The first-order chi connectivity index (χ1) is 10.2. The van der Waals surface area contributed by atoms with Crippen LogP contribution in [0.4, 0.5) is 13.2 Å². The van der Waals surface area contributed by atoms with Crippen molar-refractivity contribution in [1.82, 2.24) is 9.88 Å². The summed E-state index contributed by atoms with van der Waals surface area (Å²) in [5.74, 6) is -1.93. The highest BCUT2D eigenvalue weighted by Gasteiger charge is 2.40. The number of aromatic nitrogens is 1. The number of pyridine rings is 1. The minimum Gasteiger partial charge on any atom is -0.480 e. The lowest BCUT2D eigenvalue weighted by Crippen LogP contribution is -2.41. The van der Waals surface area contributed by atoms with Crippen molar-refractivity contribution in [3.63, 3.8) is 0 Å². The maximum Gasteiger partial charge on any atom is 0.417 e. The number of carbonyl (C=O) groups is 2. The number of ether oxygens (including phenoxy) is 1. The third kappa shape index (κ3) is 3.19. The highest BCUT2D eigenvalue weighted by atomic mass is 19.4. The zero-order valence-corrected chi connectivity index (χ0v) is 11.5. The van der Waals surface area contributed by atoms with Crippen LogP contribution in [0.15, 0.2) is 18.3 Å². The van der Waals surface area contributed by atoms with E-state index in [1.165, 1.54) is 7.11 Å². The number of nitrogens with zero attached hydrogens (tertiary/aromatic N) is 2. The van der Waals surface area contributed by atoms with Gasteiger partial charge < -0.3 is 14.7 Å². The molecule has 2 rings (SSSR count). The Morgan fingerprint density at radius 1 is 1.41 bits per heavy atom. The smallest absolute Gasteiger partial charge is 0.417 e. The van der Waals surface area contributed by atoms with Crippen molar-refractivity contribution in [1.29, 1.82) is 0 Å². The number of halogens is 3.